The fourth-order valence-corrected chi connectivity index (χ4v) is 5.86. The fraction of sp³-hybridized carbons (Fsp3) is 0.267. The van der Waals surface area contributed by atoms with Crippen molar-refractivity contribution >= 4 is 35.1 Å². The van der Waals surface area contributed by atoms with E-state index in [0.717, 1.165) is 16.9 Å². The van der Waals surface area contributed by atoms with Crippen LogP contribution in [0.5, 0.6) is 0 Å². The van der Waals surface area contributed by atoms with Gasteiger partial charge in [-0.3, -0.25) is 29.8 Å². The number of nitrogens with one attached hydrogen (secondary N) is 1. The molecule has 41 heavy (non-hydrogen) atoms. The fourth-order valence-electron chi connectivity index (χ4n) is 5.86. The van der Waals surface area contributed by atoms with Crippen LogP contribution in [0.1, 0.15) is 40.0 Å². The van der Waals surface area contributed by atoms with Gasteiger partial charge in [0.2, 0.25) is 11.8 Å². The summed E-state index contributed by atoms with van der Waals surface area (Å²) in [6, 6.07) is 17.7. The van der Waals surface area contributed by atoms with Gasteiger partial charge in [-0.1, -0.05) is 43.3 Å². The number of fused-ring (bicyclic) bond motifs is 1. The molecule has 2 amide bonds. The Labute approximate surface area is 234 Å². The summed E-state index contributed by atoms with van der Waals surface area (Å²) < 4.78 is 4.76. The Morgan fingerprint density at radius 1 is 0.976 bits per heavy atom. The Hall–Kier alpha value is -4.90. The summed E-state index contributed by atoms with van der Waals surface area (Å²) in [6.45, 7) is 1.98. The van der Waals surface area contributed by atoms with Crippen LogP contribution in [0, 0.1) is 22.0 Å². The lowest BCUT2D eigenvalue weighted by Crippen LogP contribution is -2.57. The van der Waals surface area contributed by atoms with Gasteiger partial charge in [0, 0.05) is 24.6 Å². The monoisotopic (exact) mass is 557 g/mol. The number of nitro groups is 1. The van der Waals surface area contributed by atoms with Crippen LogP contribution >= 0.6 is 0 Å². The predicted octanol–water partition coefficient (Wildman–Crippen LogP) is 3.46. The third-order valence-electron chi connectivity index (χ3n) is 7.96. The molecule has 11 nitrogen and oxygen atoms in total. The van der Waals surface area contributed by atoms with Crippen molar-refractivity contribution < 1.29 is 33.9 Å². The van der Waals surface area contributed by atoms with E-state index in [1.165, 1.54) is 43.5 Å². The maximum Gasteiger partial charge on any atom is 0.337 e. The number of carboxylic acids is 1. The molecule has 0 spiro atoms. The molecule has 0 aromatic heterocycles. The Morgan fingerprint density at radius 3 is 2.12 bits per heavy atom. The number of aliphatic carboxylic acids is 1. The van der Waals surface area contributed by atoms with Crippen molar-refractivity contribution in [3.63, 3.8) is 0 Å². The van der Waals surface area contributed by atoms with Crippen molar-refractivity contribution in [1.29, 1.82) is 0 Å². The van der Waals surface area contributed by atoms with Gasteiger partial charge in [0.1, 0.15) is 5.54 Å². The highest BCUT2D eigenvalue weighted by Crippen LogP contribution is 2.51. The minimum absolute atomic E-state index is 0.159. The SMILES string of the molecule is CCc1ccc(N2C(=O)C3C(c4ccc(C(=O)OC)cc4)NC(Cc4ccc([N+](=O)[O-])cc4)(C(=O)O)C3C2=O)cc1. The number of non-ortho nitro benzene ring substituents is 1. The van der Waals surface area contributed by atoms with Crippen molar-refractivity contribution in [2.24, 2.45) is 11.8 Å². The van der Waals surface area contributed by atoms with Gasteiger partial charge >= 0.3 is 11.9 Å². The minimum Gasteiger partial charge on any atom is -0.480 e. The molecule has 0 bridgehead atoms. The second-order valence-corrected chi connectivity index (χ2v) is 10.1. The number of hydrogen-bond donors (Lipinski definition) is 2. The summed E-state index contributed by atoms with van der Waals surface area (Å²) in [5.41, 5.74) is 0.524. The molecule has 2 saturated heterocycles. The number of anilines is 1. The molecule has 2 aliphatic rings. The van der Waals surface area contributed by atoms with Gasteiger partial charge in [-0.15, -0.1) is 0 Å². The smallest absolute Gasteiger partial charge is 0.337 e. The lowest BCUT2D eigenvalue weighted by molar-refractivity contribution is -0.384. The molecule has 0 saturated carbocycles. The zero-order valence-corrected chi connectivity index (χ0v) is 22.3. The summed E-state index contributed by atoms with van der Waals surface area (Å²) in [6.07, 6.45) is 0.554. The number of methoxy groups -OCH3 is 1. The van der Waals surface area contributed by atoms with E-state index < -0.39 is 52.1 Å². The van der Waals surface area contributed by atoms with Crippen LogP contribution in [-0.2, 0) is 32.0 Å². The van der Waals surface area contributed by atoms with Crippen LogP contribution in [-0.4, -0.2) is 46.4 Å². The molecular weight excluding hydrogens is 530 g/mol. The Balaban J connectivity index is 1.61. The van der Waals surface area contributed by atoms with E-state index in [9.17, 15) is 34.4 Å². The van der Waals surface area contributed by atoms with Gasteiger partial charge in [0.15, 0.2) is 0 Å². The topological polar surface area (TPSA) is 156 Å². The largest absolute Gasteiger partial charge is 0.480 e. The highest BCUT2D eigenvalue weighted by atomic mass is 16.6. The number of carbonyl (C=O) groups excluding carboxylic acids is 3. The minimum atomic E-state index is -1.91. The van der Waals surface area contributed by atoms with Crippen LogP contribution < -0.4 is 10.2 Å². The Morgan fingerprint density at radius 2 is 1.59 bits per heavy atom. The van der Waals surface area contributed by atoms with E-state index in [4.69, 9.17) is 4.74 Å². The third kappa shape index (κ3) is 4.63. The van der Waals surface area contributed by atoms with E-state index in [0.29, 0.717) is 16.8 Å². The van der Waals surface area contributed by atoms with E-state index >= 15 is 0 Å². The highest BCUT2D eigenvalue weighted by Gasteiger charge is 2.68. The highest BCUT2D eigenvalue weighted by molar-refractivity contribution is 6.24. The average Bonchev–Trinajstić information content (AvgIpc) is 3.46. The van der Waals surface area contributed by atoms with Gasteiger partial charge in [0.05, 0.1) is 35.1 Å². The first-order chi connectivity index (χ1) is 19.6. The van der Waals surface area contributed by atoms with Crippen molar-refractivity contribution in [2.75, 3.05) is 12.0 Å². The summed E-state index contributed by atoms with van der Waals surface area (Å²) in [4.78, 5) is 64.6. The quantitative estimate of drug-likeness (QED) is 0.183. The van der Waals surface area contributed by atoms with Crippen LogP contribution in [0.2, 0.25) is 0 Å². The van der Waals surface area contributed by atoms with E-state index in [2.05, 4.69) is 5.32 Å². The molecule has 0 aliphatic carbocycles. The summed E-state index contributed by atoms with van der Waals surface area (Å²) in [7, 11) is 1.25. The number of rotatable bonds is 8. The van der Waals surface area contributed by atoms with Crippen molar-refractivity contribution in [1.82, 2.24) is 5.32 Å². The van der Waals surface area contributed by atoms with Gasteiger partial charge in [-0.05, 0) is 47.4 Å². The number of esters is 1. The number of benzene rings is 3. The molecule has 3 aromatic carbocycles. The lowest BCUT2D eigenvalue weighted by Gasteiger charge is -2.31. The number of imide groups is 1. The lowest BCUT2D eigenvalue weighted by atomic mass is 9.76. The second-order valence-electron chi connectivity index (χ2n) is 10.1. The number of aryl methyl sites for hydroxylation is 1. The number of amides is 2. The van der Waals surface area contributed by atoms with Gasteiger partial charge in [-0.2, -0.15) is 0 Å². The average molecular weight is 558 g/mol. The van der Waals surface area contributed by atoms with Crippen LogP contribution in [0.15, 0.2) is 72.8 Å². The molecular formula is C30H27N3O8. The van der Waals surface area contributed by atoms with Crippen LogP contribution in [0.25, 0.3) is 0 Å². The summed E-state index contributed by atoms with van der Waals surface area (Å²) in [5, 5.41) is 24.9. The number of carboxylic acid groups (broad SMARTS) is 1. The van der Waals surface area contributed by atoms with E-state index in [1.807, 2.05) is 19.1 Å². The molecule has 210 valence electrons. The molecule has 2 fully saturated rings. The van der Waals surface area contributed by atoms with Gasteiger partial charge in [-0.25, -0.2) is 9.69 Å². The third-order valence-corrected chi connectivity index (χ3v) is 7.96. The maximum absolute atomic E-state index is 14.0. The van der Waals surface area contributed by atoms with Crippen LogP contribution in [0.3, 0.4) is 0 Å². The number of hydrogen-bond acceptors (Lipinski definition) is 8. The number of ether oxygens (including phenoxy) is 1. The number of nitro benzene ring substituents is 1. The molecule has 4 unspecified atom stereocenters. The van der Waals surface area contributed by atoms with E-state index in [1.54, 1.807) is 24.3 Å². The zero-order valence-electron chi connectivity index (χ0n) is 22.3. The molecule has 3 aromatic rings. The van der Waals surface area contributed by atoms with Crippen molar-refractivity contribution in [3.8, 4) is 0 Å². The number of nitrogens with zero attached hydrogens (tertiary/aromatic N) is 2. The number of carbonyl (C=O) groups is 4. The Bertz CT molecular complexity index is 1540. The second kappa shape index (κ2) is 10.6. The molecule has 11 heteroatoms. The maximum atomic E-state index is 14.0. The normalized spacial score (nSPS) is 23.4. The first-order valence-electron chi connectivity index (χ1n) is 13.0. The Kier molecular flexibility index (Phi) is 7.14. The van der Waals surface area contributed by atoms with Crippen molar-refractivity contribution in [2.45, 2.75) is 31.3 Å². The van der Waals surface area contributed by atoms with Gasteiger partial charge in [0.25, 0.3) is 5.69 Å². The molecule has 5 rings (SSSR count). The molecule has 0 radical (unpaired) electrons. The van der Waals surface area contributed by atoms with E-state index in [-0.39, 0.29) is 17.7 Å². The molecule has 2 heterocycles. The molecule has 4 atom stereocenters. The first-order valence-corrected chi connectivity index (χ1v) is 13.0. The zero-order chi connectivity index (χ0) is 29.5. The van der Waals surface area contributed by atoms with Crippen molar-refractivity contribution in [3.05, 3.63) is 105 Å². The molecule has 2 N–H and O–H groups in total. The van der Waals surface area contributed by atoms with Gasteiger partial charge < -0.3 is 9.84 Å². The standard InChI is InChI=1S/C30H27N3O8/c1-3-17-4-12-21(13-5-17)32-26(34)23-24(27(32)35)30(29(37)38,16-18-6-14-22(15-7-18)33(39)40)31-25(23)19-8-10-20(11-9-19)28(36)41-2/h4-15,23-25,31H,3,16H2,1-2H3,(H,37,38). The molecule has 2 aliphatic heterocycles. The summed E-state index contributed by atoms with van der Waals surface area (Å²) in [5.74, 6) is -5.41. The summed E-state index contributed by atoms with van der Waals surface area (Å²) >= 11 is 0. The first kappa shape index (κ1) is 27.7. The van der Waals surface area contributed by atoms with Crippen LogP contribution in [0.4, 0.5) is 11.4 Å². The predicted molar refractivity (Wildman–Crippen MR) is 146 cm³/mol.